The molecule has 0 unspecified atom stereocenters. The number of urea groups is 1. The Morgan fingerprint density at radius 2 is 1.79 bits per heavy atom. The predicted octanol–water partition coefficient (Wildman–Crippen LogP) is 4.93. The second kappa shape index (κ2) is 9.05. The van der Waals surface area contributed by atoms with E-state index < -0.39 is 0 Å². The zero-order valence-electron chi connectivity index (χ0n) is 16.1. The highest BCUT2D eigenvalue weighted by Gasteiger charge is 2.16. The third-order valence-corrected chi connectivity index (χ3v) is 5.92. The largest absolute Gasteiger partial charge is 0.335 e. The molecule has 0 aliphatic heterocycles. The standard InChI is InChI=1S/C22H24N4O2S/c27-20(25-19-12-6-8-15-7-4-5-11-18(15)19)13-17-14-29-22(24-17)26-21(28)23-16-9-2-1-3-10-16/h4-8,11-12,14,16H,1-3,9-10,13H2,(H,25,27)(H2,23,24,26,28). The Morgan fingerprint density at radius 3 is 2.66 bits per heavy atom. The number of hydrogen-bond acceptors (Lipinski definition) is 4. The second-order valence-corrected chi connectivity index (χ2v) is 8.19. The molecule has 150 valence electrons. The topological polar surface area (TPSA) is 83.1 Å². The molecule has 0 saturated heterocycles. The molecule has 0 spiro atoms. The van der Waals surface area contributed by atoms with Gasteiger partial charge in [0.15, 0.2) is 5.13 Å². The molecule has 1 aliphatic carbocycles. The first kappa shape index (κ1) is 19.4. The van der Waals surface area contributed by atoms with Gasteiger partial charge in [0, 0.05) is 22.5 Å². The maximum Gasteiger partial charge on any atom is 0.321 e. The second-order valence-electron chi connectivity index (χ2n) is 7.33. The Labute approximate surface area is 173 Å². The number of anilines is 2. The number of aromatic nitrogens is 1. The lowest BCUT2D eigenvalue weighted by Gasteiger charge is -2.22. The summed E-state index contributed by atoms with van der Waals surface area (Å²) in [5, 5.41) is 13.1. The highest BCUT2D eigenvalue weighted by atomic mass is 32.1. The zero-order chi connectivity index (χ0) is 20.1. The van der Waals surface area contributed by atoms with E-state index in [4.69, 9.17) is 0 Å². The summed E-state index contributed by atoms with van der Waals surface area (Å²) in [6.45, 7) is 0. The average Bonchev–Trinajstić information content (AvgIpc) is 3.15. The van der Waals surface area contributed by atoms with Gasteiger partial charge in [-0.25, -0.2) is 9.78 Å². The first-order valence-electron chi connectivity index (χ1n) is 9.97. The Balaban J connectivity index is 1.32. The first-order valence-corrected chi connectivity index (χ1v) is 10.8. The number of thiazole rings is 1. The van der Waals surface area contributed by atoms with E-state index in [0.717, 1.165) is 42.1 Å². The van der Waals surface area contributed by atoms with Crippen LogP contribution in [0.4, 0.5) is 15.6 Å². The predicted molar refractivity (Wildman–Crippen MR) is 117 cm³/mol. The van der Waals surface area contributed by atoms with Gasteiger partial charge in [0.05, 0.1) is 12.1 Å². The van der Waals surface area contributed by atoms with Crippen LogP contribution in [0.3, 0.4) is 0 Å². The highest BCUT2D eigenvalue weighted by Crippen LogP contribution is 2.23. The maximum atomic E-state index is 12.5. The lowest BCUT2D eigenvalue weighted by Crippen LogP contribution is -2.39. The van der Waals surface area contributed by atoms with Gasteiger partial charge in [0.1, 0.15) is 0 Å². The number of nitrogens with one attached hydrogen (secondary N) is 3. The van der Waals surface area contributed by atoms with Crippen molar-refractivity contribution in [3.05, 3.63) is 53.5 Å². The van der Waals surface area contributed by atoms with Crippen molar-refractivity contribution in [3.8, 4) is 0 Å². The summed E-state index contributed by atoms with van der Waals surface area (Å²) < 4.78 is 0. The van der Waals surface area contributed by atoms with E-state index in [1.165, 1.54) is 17.8 Å². The number of benzene rings is 2. The van der Waals surface area contributed by atoms with Gasteiger partial charge in [-0.3, -0.25) is 10.1 Å². The number of rotatable bonds is 5. The summed E-state index contributed by atoms with van der Waals surface area (Å²) in [5.74, 6) is -0.134. The summed E-state index contributed by atoms with van der Waals surface area (Å²) in [6, 6.07) is 13.8. The van der Waals surface area contributed by atoms with Gasteiger partial charge in [-0.15, -0.1) is 11.3 Å². The summed E-state index contributed by atoms with van der Waals surface area (Å²) in [7, 11) is 0. The minimum absolute atomic E-state index is 0.134. The van der Waals surface area contributed by atoms with Crippen molar-refractivity contribution in [2.45, 2.75) is 44.6 Å². The van der Waals surface area contributed by atoms with Crippen molar-refractivity contribution in [1.82, 2.24) is 10.3 Å². The number of fused-ring (bicyclic) bond motifs is 1. The van der Waals surface area contributed by atoms with Gasteiger partial charge in [-0.05, 0) is 24.3 Å². The molecule has 4 rings (SSSR count). The molecule has 0 radical (unpaired) electrons. The average molecular weight is 409 g/mol. The molecule has 6 nitrogen and oxygen atoms in total. The van der Waals surface area contributed by atoms with Crippen LogP contribution in [0.1, 0.15) is 37.8 Å². The molecule has 1 aliphatic rings. The van der Waals surface area contributed by atoms with E-state index in [-0.39, 0.29) is 24.4 Å². The van der Waals surface area contributed by atoms with E-state index in [9.17, 15) is 9.59 Å². The molecule has 1 aromatic heterocycles. The van der Waals surface area contributed by atoms with Crippen LogP contribution in [0, 0.1) is 0 Å². The van der Waals surface area contributed by atoms with Crippen LogP contribution in [0.15, 0.2) is 47.8 Å². The van der Waals surface area contributed by atoms with Crippen LogP contribution in [0.25, 0.3) is 10.8 Å². The van der Waals surface area contributed by atoms with Gasteiger partial charge in [-0.1, -0.05) is 55.7 Å². The van der Waals surface area contributed by atoms with Crippen LogP contribution in [-0.4, -0.2) is 23.0 Å². The van der Waals surface area contributed by atoms with E-state index in [1.54, 1.807) is 5.38 Å². The monoisotopic (exact) mass is 408 g/mol. The lowest BCUT2D eigenvalue weighted by molar-refractivity contribution is -0.115. The van der Waals surface area contributed by atoms with E-state index >= 15 is 0 Å². The van der Waals surface area contributed by atoms with Crippen LogP contribution in [0.5, 0.6) is 0 Å². The number of amides is 3. The van der Waals surface area contributed by atoms with Crippen molar-refractivity contribution >= 4 is 44.9 Å². The molecule has 3 N–H and O–H groups in total. The third-order valence-electron chi connectivity index (χ3n) is 5.12. The lowest BCUT2D eigenvalue weighted by atomic mass is 9.96. The van der Waals surface area contributed by atoms with Crippen LogP contribution in [0.2, 0.25) is 0 Å². The van der Waals surface area contributed by atoms with Gasteiger partial charge in [0.25, 0.3) is 0 Å². The molecule has 1 saturated carbocycles. The van der Waals surface area contributed by atoms with E-state index in [0.29, 0.717) is 10.8 Å². The SMILES string of the molecule is O=C(Cc1csc(NC(=O)NC2CCCCC2)n1)Nc1cccc2ccccc12. The normalized spacial score (nSPS) is 14.5. The molecule has 29 heavy (non-hydrogen) atoms. The van der Waals surface area contributed by atoms with Crippen LogP contribution in [-0.2, 0) is 11.2 Å². The van der Waals surface area contributed by atoms with Crippen molar-refractivity contribution in [3.63, 3.8) is 0 Å². The molecule has 1 heterocycles. The third kappa shape index (κ3) is 5.12. The first-order chi connectivity index (χ1) is 14.2. The minimum Gasteiger partial charge on any atom is -0.335 e. The van der Waals surface area contributed by atoms with Crippen LogP contribution >= 0.6 is 11.3 Å². The quantitative estimate of drug-likeness (QED) is 0.560. The number of nitrogens with zero attached hydrogens (tertiary/aromatic N) is 1. The minimum atomic E-state index is -0.224. The van der Waals surface area contributed by atoms with Gasteiger partial charge >= 0.3 is 6.03 Å². The van der Waals surface area contributed by atoms with Crippen molar-refractivity contribution in [2.24, 2.45) is 0 Å². The Morgan fingerprint density at radius 1 is 1.00 bits per heavy atom. The van der Waals surface area contributed by atoms with Crippen molar-refractivity contribution < 1.29 is 9.59 Å². The zero-order valence-corrected chi connectivity index (χ0v) is 16.9. The summed E-state index contributed by atoms with van der Waals surface area (Å²) >= 11 is 1.33. The van der Waals surface area contributed by atoms with Crippen molar-refractivity contribution in [2.75, 3.05) is 10.6 Å². The molecule has 0 bridgehead atoms. The summed E-state index contributed by atoms with van der Waals surface area (Å²) in [5.41, 5.74) is 1.43. The summed E-state index contributed by atoms with van der Waals surface area (Å²) in [6.07, 6.45) is 5.80. The van der Waals surface area contributed by atoms with E-state index in [1.807, 2.05) is 42.5 Å². The van der Waals surface area contributed by atoms with Crippen LogP contribution < -0.4 is 16.0 Å². The maximum absolute atomic E-state index is 12.5. The molecule has 7 heteroatoms. The number of hydrogen-bond donors (Lipinski definition) is 3. The Kier molecular flexibility index (Phi) is 6.05. The molecular weight excluding hydrogens is 384 g/mol. The summed E-state index contributed by atoms with van der Waals surface area (Å²) in [4.78, 5) is 29.0. The molecule has 2 aromatic carbocycles. The number of carbonyl (C=O) groups excluding carboxylic acids is 2. The fourth-order valence-corrected chi connectivity index (χ4v) is 4.41. The molecule has 3 aromatic rings. The van der Waals surface area contributed by atoms with Gasteiger partial charge < -0.3 is 10.6 Å². The Bertz CT molecular complexity index is 1010. The highest BCUT2D eigenvalue weighted by molar-refractivity contribution is 7.13. The van der Waals surface area contributed by atoms with Gasteiger partial charge in [0.2, 0.25) is 5.91 Å². The fourth-order valence-electron chi connectivity index (χ4n) is 3.70. The smallest absolute Gasteiger partial charge is 0.321 e. The number of carbonyl (C=O) groups is 2. The molecule has 3 amide bonds. The van der Waals surface area contributed by atoms with Gasteiger partial charge in [-0.2, -0.15) is 0 Å². The molecule has 1 fully saturated rings. The van der Waals surface area contributed by atoms with E-state index in [2.05, 4.69) is 20.9 Å². The van der Waals surface area contributed by atoms with Crippen molar-refractivity contribution in [1.29, 1.82) is 0 Å². The molecular formula is C22H24N4O2S. The molecule has 0 atom stereocenters. The fraction of sp³-hybridized carbons (Fsp3) is 0.318. The Hall–Kier alpha value is -2.93.